The Bertz CT molecular complexity index is 1240. The third kappa shape index (κ3) is 6.09. The van der Waals surface area contributed by atoms with Crippen LogP contribution in [-0.4, -0.2) is 23.9 Å². The fourth-order valence-electron chi connectivity index (χ4n) is 4.05. The number of hydrogen-bond donors (Lipinski definition) is 3. The van der Waals surface area contributed by atoms with E-state index in [-0.39, 0.29) is 11.8 Å². The van der Waals surface area contributed by atoms with Gasteiger partial charge in [-0.2, -0.15) is 0 Å². The molecule has 5 heteroatoms. The highest BCUT2D eigenvalue weighted by Crippen LogP contribution is 2.18. The molecule has 172 valence electrons. The lowest BCUT2D eigenvalue weighted by molar-refractivity contribution is -0.129. The van der Waals surface area contributed by atoms with Gasteiger partial charge in [0.15, 0.2) is 0 Å². The van der Waals surface area contributed by atoms with Crippen molar-refractivity contribution in [3.05, 3.63) is 120 Å². The molecule has 0 unspecified atom stereocenters. The van der Waals surface area contributed by atoms with Gasteiger partial charge in [0.05, 0.1) is 6.04 Å². The number of nitrogens with two attached hydrogens (primary N) is 1. The number of amides is 2. The van der Waals surface area contributed by atoms with Crippen molar-refractivity contribution in [2.45, 2.75) is 31.5 Å². The summed E-state index contributed by atoms with van der Waals surface area (Å²) in [6.45, 7) is 0.372. The smallest absolute Gasteiger partial charge is 0.243 e. The van der Waals surface area contributed by atoms with Gasteiger partial charge in [-0.1, -0.05) is 103 Å². The quantitative estimate of drug-likeness (QED) is 0.362. The molecule has 5 nitrogen and oxygen atoms in total. The van der Waals surface area contributed by atoms with E-state index in [1.165, 1.54) is 0 Å². The molecule has 4 N–H and O–H groups in total. The van der Waals surface area contributed by atoms with E-state index < -0.39 is 12.1 Å². The molecule has 0 aromatic heterocycles. The molecule has 0 aliphatic heterocycles. The second-order valence-electron chi connectivity index (χ2n) is 8.40. The van der Waals surface area contributed by atoms with Gasteiger partial charge in [0, 0.05) is 13.0 Å². The van der Waals surface area contributed by atoms with E-state index in [4.69, 9.17) is 5.73 Å². The molecule has 0 aliphatic carbocycles. The second kappa shape index (κ2) is 11.3. The minimum atomic E-state index is -0.744. The Morgan fingerprint density at radius 3 is 1.97 bits per heavy atom. The Balaban J connectivity index is 1.46. The maximum Gasteiger partial charge on any atom is 0.243 e. The Morgan fingerprint density at radius 1 is 0.676 bits per heavy atom. The highest BCUT2D eigenvalue weighted by molar-refractivity contribution is 5.90. The summed E-state index contributed by atoms with van der Waals surface area (Å²) in [7, 11) is 0. The molecule has 2 amide bonds. The molecule has 0 fully saturated rings. The predicted molar refractivity (Wildman–Crippen MR) is 136 cm³/mol. The molecule has 0 bridgehead atoms. The highest BCUT2D eigenvalue weighted by Gasteiger charge is 2.24. The van der Waals surface area contributed by atoms with Gasteiger partial charge < -0.3 is 16.4 Å². The highest BCUT2D eigenvalue weighted by atomic mass is 16.2. The number of hydrogen-bond acceptors (Lipinski definition) is 3. The van der Waals surface area contributed by atoms with E-state index >= 15 is 0 Å². The second-order valence-corrected chi connectivity index (χ2v) is 8.40. The van der Waals surface area contributed by atoms with Gasteiger partial charge in [0.1, 0.15) is 6.04 Å². The summed E-state index contributed by atoms with van der Waals surface area (Å²) < 4.78 is 0. The Labute approximate surface area is 200 Å². The number of nitrogens with one attached hydrogen (secondary N) is 2. The predicted octanol–water partition coefficient (Wildman–Crippen LogP) is 3.75. The monoisotopic (exact) mass is 451 g/mol. The summed E-state index contributed by atoms with van der Waals surface area (Å²) in [5.74, 6) is -0.581. The van der Waals surface area contributed by atoms with Gasteiger partial charge in [0.2, 0.25) is 11.8 Å². The van der Waals surface area contributed by atoms with Crippen molar-refractivity contribution in [2.75, 3.05) is 0 Å². The van der Waals surface area contributed by atoms with Crippen molar-refractivity contribution < 1.29 is 9.59 Å². The van der Waals surface area contributed by atoms with E-state index in [2.05, 4.69) is 10.6 Å². The number of benzene rings is 4. The fourth-order valence-corrected chi connectivity index (χ4v) is 4.05. The van der Waals surface area contributed by atoms with Crippen LogP contribution in [0.15, 0.2) is 103 Å². The zero-order valence-corrected chi connectivity index (χ0v) is 19.0. The van der Waals surface area contributed by atoms with Crippen molar-refractivity contribution in [3.63, 3.8) is 0 Å². The van der Waals surface area contributed by atoms with Gasteiger partial charge in [-0.25, -0.2) is 0 Å². The van der Waals surface area contributed by atoms with E-state index in [9.17, 15) is 9.59 Å². The molecule has 0 spiro atoms. The number of carbonyl (C=O) groups is 2. The zero-order chi connectivity index (χ0) is 23.8. The van der Waals surface area contributed by atoms with E-state index in [0.717, 1.165) is 27.5 Å². The maximum absolute atomic E-state index is 13.2. The van der Waals surface area contributed by atoms with Gasteiger partial charge in [-0.15, -0.1) is 0 Å². The van der Waals surface area contributed by atoms with Crippen LogP contribution in [0.1, 0.15) is 16.7 Å². The summed E-state index contributed by atoms with van der Waals surface area (Å²) in [4.78, 5) is 26.1. The van der Waals surface area contributed by atoms with Crippen LogP contribution in [0.4, 0.5) is 0 Å². The summed E-state index contributed by atoms with van der Waals surface area (Å²) >= 11 is 0. The molecule has 4 aromatic rings. The Morgan fingerprint density at radius 2 is 1.26 bits per heavy atom. The van der Waals surface area contributed by atoms with Crippen molar-refractivity contribution in [3.8, 4) is 0 Å². The lowest BCUT2D eigenvalue weighted by Gasteiger charge is -2.21. The molecule has 4 rings (SSSR count). The fraction of sp³-hybridized carbons (Fsp3) is 0.172. The summed E-state index contributed by atoms with van der Waals surface area (Å²) in [5, 5.41) is 8.11. The maximum atomic E-state index is 13.2. The summed E-state index contributed by atoms with van der Waals surface area (Å²) in [6, 6.07) is 31.9. The molecule has 0 saturated carbocycles. The van der Waals surface area contributed by atoms with Crippen LogP contribution in [0, 0.1) is 0 Å². The summed E-state index contributed by atoms with van der Waals surface area (Å²) in [6.07, 6.45) is 0.786. The molecule has 0 heterocycles. The molecular weight excluding hydrogens is 422 g/mol. The van der Waals surface area contributed by atoms with Crippen molar-refractivity contribution in [2.24, 2.45) is 5.73 Å². The number of rotatable bonds is 9. The third-order valence-electron chi connectivity index (χ3n) is 5.88. The van der Waals surface area contributed by atoms with Crippen molar-refractivity contribution >= 4 is 22.6 Å². The largest absolute Gasteiger partial charge is 0.350 e. The van der Waals surface area contributed by atoms with Gasteiger partial charge in [-0.3, -0.25) is 9.59 Å². The first-order valence-corrected chi connectivity index (χ1v) is 11.5. The molecule has 0 aliphatic rings. The normalized spacial score (nSPS) is 12.6. The zero-order valence-electron chi connectivity index (χ0n) is 19.0. The number of fused-ring (bicyclic) bond motifs is 1. The molecule has 34 heavy (non-hydrogen) atoms. The van der Waals surface area contributed by atoms with Crippen LogP contribution in [0.3, 0.4) is 0 Å². The Hall–Kier alpha value is -3.96. The summed E-state index contributed by atoms with van der Waals surface area (Å²) in [5.41, 5.74) is 9.14. The molecule has 0 radical (unpaired) electrons. The van der Waals surface area contributed by atoms with E-state index in [0.29, 0.717) is 19.4 Å². The van der Waals surface area contributed by atoms with Crippen LogP contribution in [0.25, 0.3) is 10.8 Å². The SMILES string of the molecule is N[C@@H](Cc1ccccc1)C(=O)N[C@@H](Cc1ccccc1)C(=O)NCc1cccc2ccccc12. The van der Waals surface area contributed by atoms with E-state index in [1.807, 2.05) is 103 Å². The van der Waals surface area contributed by atoms with Crippen LogP contribution < -0.4 is 16.4 Å². The molecule has 0 saturated heterocycles. The van der Waals surface area contributed by atoms with Crippen molar-refractivity contribution in [1.82, 2.24) is 10.6 Å². The topological polar surface area (TPSA) is 84.2 Å². The first kappa shape index (κ1) is 23.2. The molecule has 4 aromatic carbocycles. The minimum Gasteiger partial charge on any atom is -0.350 e. The van der Waals surface area contributed by atoms with Crippen LogP contribution in [0.5, 0.6) is 0 Å². The molecule has 2 atom stereocenters. The van der Waals surface area contributed by atoms with Gasteiger partial charge in [0.25, 0.3) is 0 Å². The average Bonchev–Trinajstić information content (AvgIpc) is 2.88. The number of carbonyl (C=O) groups excluding carboxylic acids is 2. The first-order chi connectivity index (χ1) is 16.6. The lowest BCUT2D eigenvalue weighted by atomic mass is 10.0. The first-order valence-electron chi connectivity index (χ1n) is 11.5. The average molecular weight is 452 g/mol. The lowest BCUT2D eigenvalue weighted by Crippen LogP contribution is -2.52. The third-order valence-corrected chi connectivity index (χ3v) is 5.88. The standard InChI is InChI=1S/C29H29N3O2/c30-26(18-21-10-3-1-4-11-21)28(33)32-27(19-22-12-5-2-6-13-22)29(34)31-20-24-16-9-15-23-14-7-8-17-25(23)24/h1-17,26-27H,18-20,30H2,(H,31,34)(H,32,33)/t26-,27-/m0/s1. The Kier molecular flexibility index (Phi) is 7.68. The van der Waals surface area contributed by atoms with Crippen LogP contribution >= 0.6 is 0 Å². The van der Waals surface area contributed by atoms with E-state index in [1.54, 1.807) is 0 Å². The van der Waals surface area contributed by atoms with Gasteiger partial charge in [-0.05, 0) is 33.9 Å². The van der Waals surface area contributed by atoms with Gasteiger partial charge >= 0.3 is 0 Å². The molecular formula is C29H29N3O2. The van der Waals surface area contributed by atoms with Crippen molar-refractivity contribution in [1.29, 1.82) is 0 Å². The van der Waals surface area contributed by atoms with Crippen LogP contribution in [0.2, 0.25) is 0 Å². The minimum absolute atomic E-state index is 0.239. The van der Waals surface area contributed by atoms with Crippen LogP contribution in [-0.2, 0) is 29.0 Å².